The lowest BCUT2D eigenvalue weighted by atomic mass is 10.2. The maximum absolute atomic E-state index is 12.4. The van der Waals surface area contributed by atoms with E-state index in [9.17, 15) is 9.59 Å². The van der Waals surface area contributed by atoms with Crippen LogP contribution in [0.3, 0.4) is 0 Å². The first-order valence-corrected chi connectivity index (χ1v) is 11.1. The van der Waals surface area contributed by atoms with Crippen molar-refractivity contribution in [1.82, 2.24) is 19.7 Å². The summed E-state index contributed by atoms with van der Waals surface area (Å²) in [5, 5.41) is 12.1. The number of methoxy groups -OCH3 is 1. The third-order valence-corrected chi connectivity index (χ3v) is 5.36. The lowest BCUT2D eigenvalue weighted by molar-refractivity contribution is -0.113. The quantitative estimate of drug-likeness (QED) is 0.267. The molecule has 0 atom stereocenters. The van der Waals surface area contributed by atoms with E-state index in [0.29, 0.717) is 36.2 Å². The van der Waals surface area contributed by atoms with E-state index in [4.69, 9.17) is 9.47 Å². The molecule has 2 aromatic heterocycles. The molecular formula is C22H25N5O4S. The number of benzene rings is 1. The van der Waals surface area contributed by atoms with Gasteiger partial charge in [-0.15, -0.1) is 10.2 Å². The zero-order valence-electron chi connectivity index (χ0n) is 18.0. The summed E-state index contributed by atoms with van der Waals surface area (Å²) < 4.78 is 12.1. The number of hydrogen-bond acceptors (Lipinski definition) is 8. The summed E-state index contributed by atoms with van der Waals surface area (Å²) >= 11 is 1.31. The number of amides is 1. The third kappa shape index (κ3) is 6.38. The van der Waals surface area contributed by atoms with Crippen LogP contribution in [0.5, 0.6) is 0 Å². The summed E-state index contributed by atoms with van der Waals surface area (Å²) in [6.07, 6.45) is 4.20. The highest BCUT2D eigenvalue weighted by molar-refractivity contribution is 7.99. The number of anilines is 1. The molecular weight excluding hydrogens is 430 g/mol. The standard InChI is InChI=1S/C22H25N5O4S/c1-3-31-21(29)17-5-7-18(8-6-17)24-19(28)15-32-22-26-25-20(16-9-11-23-12-10-16)27(22)13-4-14-30-2/h5-12H,3-4,13-15H2,1-2H3,(H,24,28). The minimum Gasteiger partial charge on any atom is -0.462 e. The van der Waals surface area contributed by atoms with Crippen LogP contribution >= 0.6 is 11.8 Å². The normalized spacial score (nSPS) is 10.7. The molecule has 0 saturated heterocycles. The number of esters is 1. The van der Waals surface area contributed by atoms with Crippen molar-refractivity contribution in [2.24, 2.45) is 0 Å². The second-order valence-electron chi connectivity index (χ2n) is 6.67. The number of carbonyl (C=O) groups is 2. The van der Waals surface area contributed by atoms with E-state index in [2.05, 4.69) is 20.5 Å². The number of rotatable bonds is 11. The molecule has 1 amide bonds. The Balaban J connectivity index is 1.63. The van der Waals surface area contributed by atoms with Gasteiger partial charge in [-0.25, -0.2) is 4.79 Å². The van der Waals surface area contributed by atoms with Crippen molar-refractivity contribution in [3.05, 3.63) is 54.4 Å². The first-order chi connectivity index (χ1) is 15.6. The Kier molecular flexibility index (Phi) is 8.76. The third-order valence-electron chi connectivity index (χ3n) is 4.40. The number of hydrogen-bond donors (Lipinski definition) is 1. The summed E-state index contributed by atoms with van der Waals surface area (Å²) in [6.45, 7) is 3.34. The van der Waals surface area contributed by atoms with E-state index >= 15 is 0 Å². The molecule has 0 aliphatic heterocycles. The summed E-state index contributed by atoms with van der Waals surface area (Å²) in [6, 6.07) is 10.3. The summed E-state index contributed by atoms with van der Waals surface area (Å²) in [5.74, 6) is 0.314. The van der Waals surface area contributed by atoms with Gasteiger partial charge >= 0.3 is 5.97 Å². The fraction of sp³-hybridized carbons (Fsp3) is 0.318. The van der Waals surface area contributed by atoms with Crippen LogP contribution < -0.4 is 5.32 Å². The first-order valence-electron chi connectivity index (χ1n) is 10.1. The molecule has 1 aromatic carbocycles. The van der Waals surface area contributed by atoms with Gasteiger partial charge in [-0.05, 0) is 49.7 Å². The fourth-order valence-corrected chi connectivity index (χ4v) is 3.67. The van der Waals surface area contributed by atoms with Crippen LogP contribution in [0.4, 0.5) is 5.69 Å². The van der Waals surface area contributed by atoms with Crippen LogP contribution in [0.25, 0.3) is 11.4 Å². The molecule has 32 heavy (non-hydrogen) atoms. The number of nitrogens with one attached hydrogen (secondary N) is 1. The van der Waals surface area contributed by atoms with Crippen LogP contribution in [0, 0.1) is 0 Å². The number of thioether (sulfide) groups is 1. The molecule has 0 bridgehead atoms. The number of aromatic nitrogens is 4. The van der Waals surface area contributed by atoms with Crippen LogP contribution in [0.2, 0.25) is 0 Å². The maximum Gasteiger partial charge on any atom is 0.338 e. The summed E-state index contributed by atoms with van der Waals surface area (Å²) in [7, 11) is 1.66. The van der Waals surface area contributed by atoms with Crippen molar-refractivity contribution < 1.29 is 19.1 Å². The van der Waals surface area contributed by atoms with Crippen LogP contribution in [0.15, 0.2) is 53.9 Å². The average Bonchev–Trinajstić information content (AvgIpc) is 3.22. The Morgan fingerprint density at radius 3 is 2.53 bits per heavy atom. The molecule has 0 spiro atoms. The largest absolute Gasteiger partial charge is 0.462 e. The zero-order valence-corrected chi connectivity index (χ0v) is 18.8. The Morgan fingerprint density at radius 1 is 1.09 bits per heavy atom. The van der Waals surface area contributed by atoms with E-state index in [-0.39, 0.29) is 11.7 Å². The topological polar surface area (TPSA) is 108 Å². The van der Waals surface area contributed by atoms with Gasteiger partial charge in [0.05, 0.1) is 17.9 Å². The van der Waals surface area contributed by atoms with Gasteiger partial charge in [0.2, 0.25) is 5.91 Å². The van der Waals surface area contributed by atoms with Crippen molar-refractivity contribution in [1.29, 1.82) is 0 Å². The Hall–Kier alpha value is -3.24. The van der Waals surface area contributed by atoms with E-state index < -0.39 is 5.97 Å². The van der Waals surface area contributed by atoms with Gasteiger partial charge in [-0.3, -0.25) is 9.78 Å². The van der Waals surface area contributed by atoms with E-state index in [1.807, 2.05) is 16.7 Å². The Labute approximate surface area is 190 Å². The van der Waals surface area contributed by atoms with Crippen molar-refractivity contribution in [3.63, 3.8) is 0 Å². The molecule has 0 saturated carbocycles. The highest BCUT2D eigenvalue weighted by atomic mass is 32.2. The lowest BCUT2D eigenvalue weighted by Crippen LogP contribution is -2.15. The molecule has 0 radical (unpaired) electrons. The fourth-order valence-electron chi connectivity index (χ4n) is 2.91. The van der Waals surface area contributed by atoms with Crippen molar-refractivity contribution in [2.75, 3.05) is 31.4 Å². The van der Waals surface area contributed by atoms with Gasteiger partial charge in [-0.2, -0.15) is 0 Å². The van der Waals surface area contributed by atoms with E-state index in [1.165, 1.54) is 11.8 Å². The van der Waals surface area contributed by atoms with Gasteiger partial charge in [0.25, 0.3) is 0 Å². The molecule has 3 aromatic rings. The minimum absolute atomic E-state index is 0.165. The molecule has 10 heteroatoms. The van der Waals surface area contributed by atoms with Crippen LogP contribution in [-0.2, 0) is 20.8 Å². The Morgan fingerprint density at radius 2 is 1.84 bits per heavy atom. The second kappa shape index (κ2) is 12.0. The highest BCUT2D eigenvalue weighted by Gasteiger charge is 2.16. The van der Waals surface area contributed by atoms with Crippen LogP contribution in [-0.4, -0.2) is 57.7 Å². The van der Waals surface area contributed by atoms with Gasteiger partial charge in [-0.1, -0.05) is 11.8 Å². The van der Waals surface area contributed by atoms with Crippen molar-refractivity contribution in [2.45, 2.75) is 25.0 Å². The summed E-state index contributed by atoms with van der Waals surface area (Å²) in [4.78, 5) is 28.2. The molecule has 1 N–H and O–H groups in total. The molecule has 0 aliphatic carbocycles. The first kappa shape index (κ1) is 23.4. The molecule has 0 aliphatic rings. The highest BCUT2D eigenvalue weighted by Crippen LogP contribution is 2.24. The van der Waals surface area contributed by atoms with E-state index in [1.54, 1.807) is 50.7 Å². The average molecular weight is 456 g/mol. The van der Waals surface area contributed by atoms with Crippen molar-refractivity contribution >= 4 is 29.3 Å². The van der Waals surface area contributed by atoms with Gasteiger partial charge in [0.1, 0.15) is 0 Å². The molecule has 9 nitrogen and oxygen atoms in total. The number of pyridine rings is 1. The summed E-state index contributed by atoms with van der Waals surface area (Å²) in [5.41, 5.74) is 1.94. The maximum atomic E-state index is 12.4. The predicted molar refractivity (Wildman–Crippen MR) is 121 cm³/mol. The predicted octanol–water partition coefficient (Wildman–Crippen LogP) is 3.28. The molecule has 168 valence electrons. The van der Waals surface area contributed by atoms with Gasteiger partial charge in [0, 0.05) is 43.9 Å². The molecule has 0 unspecified atom stereocenters. The second-order valence-corrected chi connectivity index (χ2v) is 7.62. The van der Waals surface area contributed by atoms with Gasteiger partial charge in [0.15, 0.2) is 11.0 Å². The SMILES string of the molecule is CCOC(=O)c1ccc(NC(=O)CSc2nnc(-c3ccncc3)n2CCCOC)cc1. The lowest BCUT2D eigenvalue weighted by Gasteiger charge is -2.10. The number of carbonyl (C=O) groups excluding carboxylic acids is 2. The van der Waals surface area contributed by atoms with Gasteiger partial charge < -0.3 is 19.4 Å². The number of nitrogens with zero attached hydrogens (tertiary/aromatic N) is 4. The Bertz CT molecular complexity index is 1020. The monoisotopic (exact) mass is 455 g/mol. The smallest absolute Gasteiger partial charge is 0.338 e. The van der Waals surface area contributed by atoms with Crippen molar-refractivity contribution in [3.8, 4) is 11.4 Å². The molecule has 2 heterocycles. The molecule has 3 rings (SSSR count). The van der Waals surface area contributed by atoms with E-state index in [0.717, 1.165) is 17.8 Å². The minimum atomic E-state index is -0.390. The zero-order chi connectivity index (χ0) is 22.8. The molecule has 0 fully saturated rings. The van der Waals surface area contributed by atoms with Crippen LogP contribution in [0.1, 0.15) is 23.7 Å². The number of ether oxygens (including phenoxy) is 2.